The number of halogens is 5. The number of alkyl halides is 3. The molecule has 2 atom stereocenters. The Balaban J connectivity index is 2.93. The Morgan fingerprint density at radius 1 is 1.39 bits per heavy atom. The Kier molecular flexibility index (Phi) is 4.81. The molecule has 0 amide bonds. The minimum atomic E-state index is -4.62. The highest BCUT2D eigenvalue weighted by Crippen LogP contribution is 2.29. The van der Waals surface area contributed by atoms with Crippen molar-refractivity contribution < 1.29 is 22.3 Å². The van der Waals surface area contributed by atoms with Gasteiger partial charge in [0, 0.05) is 6.07 Å². The van der Waals surface area contributed by atoms with Gasteiger partial charge in [0.2, 0.25) is 6.10 Å². The minimum absolute atomic E-state index is 0.0836. The van der Waals surface area contributed by atoms with Gasteiger partial charge in [0.05, 0.1) is 11.1 Å². The van der Waals surface area contributed by atoms with Crippen LogP contribution >= 0.6 is 11.6 Å². The molecule has 0 radical (unpaired) electrons. The number of ether oxygens (including phenoxy) is 1. The second-order valence-corrected chi connectivity index (χ2v) is 4.14. The molecule has 0 aliphatic rings. The van der Waals surface area contributed by atoms with Crippen LogP contribution in [-0.4, -0.2) is 18.3 Å². The number of hydrogen-bond acceptors (Lipinski definition) is 2. The third kappa shape index (κ3) is 3.74. The van der Waals surface area contributed by atoms with Gasteiger partial charge in [-0.3, -0.25) is 0 Å². The van der Waals surface area contributed by atoms with Crippen molar-refractivity contribution in [2.75, 3.05) is 0 Å². The topological polar surface area (TPSA) is 35.2 Å². The predicted octanol–water partition coefficient (Wildman–Crippen LogP) is 3.53. The number of benzene rings is 1. The molecule has 2 unspecified atom stereocenters. The zero-order chi connectivity index (χ0) is 13.9. The van der Waals surface area contributed by atoms with E-state index >= 15 is 0 Å². The van der Waals surface area contributed by atoms with E-state index in [0.717, 1.165) is 18.2 Å². The molecule has 102 valence electrons. The molecule has 1 aromatic carbocycles. The average Bonchev–Trinajstić information content (AvgIpc) is 2.28. The molecular formula is C11H12ClF4NO. The molecule has 0 aromatic heterocycles. The van der Waals surface area contributed by atoms with Crippen molar-refractivity contribution >= 4 is 11.6 Å². The van der Waals surface area contributed by atoms with E-state index in [4.69, 9.17) is 22.1 Å². The van der Waals surface area contributed by atoms with Crippen molar-refractivity contribution in [3.05, 3.63) is 29.0 Å². The predicted molar refractivity (Wildman–Crippen MR) is 60.1 cm³/mol. The van der Waals surface area contributed by atoms with E-state index in [9.17, 15) is 17.6 Å². The molecule has 18 heavy (non-hydrogen) atoms. The lowest BCUT2D eigenvalue weighted by atomic mass is 10.1. The molecule has 0 bridgehead atoms. The van der Waals surface area contributed by atoms with Gasteiger partial charge in [-0.15, -0.1) is 0 Å². The van der Waals surface area contributed by atoms with Gasteiger partial charge in [-0.2, -0.15) is 13.2 Å². The maximum Gasteiger partial charge on any atom is 0.426 e. The molecule has 0 aliphatic heterocycles. The van der Waals surface area contributed by atoms with Gasteiger partial charge >= 0.3 is 6.18 Å². The molecule has 0 spiro atoms. The molecule has 2 nitrogen and oxygen atoms in total. The lowest BCUT2D eigenvalue weighted by Crippen LogP contribution is -2.48. The van der Waals surface area contributed by atoms with E-state index in [1.54, 1.807) is 0 Å². The SMILES string of the molecule is CCC(N)C(Oc1ccc(Cl)c(F)c1)C(F)(F)F. The highest BCUT2D eigenvalue weighted by Gasteiger charge is 2.45. The van der Waals surface area contributed by atoms with Gasteiger partial charge < -0.3 is 10.5 Å². The standard InChI is InChI=1S/C11H12ClF4NO/c1-2-9(17)10(11(14,15)16)18-6-3-4-7(12)8(13)5-6/h3-5,9-10H,2,17H2,1H3. The summed E-state index contributed by atoms with van der Waals surface area (Å²) in [6.45, 7) is 1.51. The van der Waals surface area contributed by atoms with E-state index < -0.39 is 24.1 Å². The van der Waals surface area contributed by atoms with E-state index in [1.165, 1.54) is 6.92 Å². The van der Waals surface area contributed by atoms with Crippen molar-refractivity contribution in [3.8, 4) is 5.75 Å². The van der Waals surface area contributed by atoms with E-state index in [1.807, 2.05) is 0 Å². The monoisotopic (exact) mass is 285 g/mol. The first kappa shape index (κ1) is 15.0. The maximum absolute atomic E-state index is 13.1. The fourth-order valence-electron chi connectivity index (χ4n) is 1.31. The lowest BCUT2D eigenvalue weighted by Gasteiger charge is -2.26. The van der Waals surface area contributed by atoms with Crippen molar-refractivity contribution in [1.82, 2.24) is 0 Å². The number of rotatable bonds is 4. The second kappa shape index (κ2) is 5.75. The van der Waals surface area contributed by atoms with Crippen LogP contribution in [-0.2, 0) is 0 Å². The highest BCUT2D eigenvalue weighted by atomic mass is 35.5. The summed E-state index contributed by atoms with van der Waals surface area (Å²) in [6, 6.07) is 1.86. The maximum atomic E-state index is 13.1. The van der Waals surface area contributed by atoms with Crippen LogP contribution in [0.4, 0.5) is 17.6 Å². The first-order valence-electron chi connectivity index (χ1n) is 5.19. The lowest BCUT2D eigenvalue weighted by molar-refractivity contribution is -0.200. The Morgan fingerprint density at radius 2 is 2.00 bits per heavy atom. The molecule has 0 aliphatic carbocycles. The first-order valence-corrected chi connectivity index (χ1v) is 5.57. The third-order valence-electron chi connectivity index (χ3n) is 2.34. The number of nitrogens with two attached hydrogens (primary N) is 1. The van der Waals surface area contributed by atoms with Crippen molar-refractivity contribution in [2.45, 2.75) is 31.7 Å². The molecule has 0 heterocycles. The molecular weight excluding hydrogens is 274 g/mol. The van der Waals surface area contributed by atoms with Crippen LogP contribution in [0.2, 0.25) is 5.02 Å². The fraction of sp³-hybridized carbons (Fsp3) is 0.455. The Hall–Kier alpha value is -1.01. The zero-order valence-electron chi connectivity index (χ0n) is 9.47. The van der Waals surface area contributed by atoms with Crippen LogP contribution in [0.15, 0.2) is 18.2 Å². The highest BCUT2D eigenvalue weighted by molar-refractivity contribution is 6.30. The van der Waals surface area contributed by atoms with Crippen molar-refractivity contribution in [3.63, 3.8) is 0 Å². The largest absolute Gasteiger partial charge is 0.479 e. The molecule has 1 rings (SSSR count). The van der Waals surface area contributed by atoms with Gasteiger partial charge in [0.1, 0.15) is 11.6 Å². The van der Waals surface area contributed by atoms with Crippen molar-refractivity contribution in [2.24, 2.45) is 5.73 Å². The Morgan fingerprint density at radius 3 is 2.44 bits per heavy atom. The summed E-state index contributed by atoms with van der Waals surface area (Å²) in [7, 11) is 0. The molecule has 0 saturated heterocycles. The molecule has 1 aromatic rings. The van der Waals surface area contributed by atoms with Crippen LogP contribution in [0.1, 0.15) is 13.3 Å². The summed E-state index contributed by atoms with van der Waals surface area (Å²) in [5, 5.41) is -0.189. The summed E-state index contributed by atoms with van der Waals surface area (Å²) >= 11 is 5.42. The summed E-state index contributed by atoms with van der Waals surface area (Å²) in [6.07, 6.45) is -6.71. The van der Waals surface area contributed by atoms with Crippen LogP contribution < -0.4 is 10.5 Å². The zero-order valence-corrected chi connectivity index (χ0v) is 10.2. The normalized spacial score (nSPS) is 15.3. The van der Waals surface area contributed by atoms with E-state index in [0.29, 0.717) is 0 Å². The fourth-order valence-corrected chi connectivity index (χ4v) is 1.43. The van der Waals surface area contributed by atoms with Gasteiger partial charge in [0.25, 0.3) is 0 Å². The van der Waals surface area contributed by atoms with Gasteiger partial charge in [0.15, 0.2) is 0 Å². The van der Waals surface area contributed by atoms with Gasteiger partial charge in [-0.05, 0) is 18.6 Å². The van der Waals surface area contributed by atoms with E-state index in [2.05, 4.69) is 0 Å². The number of hydrogen-bond donors (Lipinski definition) is 1. The molecule has 2 N–H and O–H groups in total. The van der Waals surface area contributed by atoms with E-state index in [-0.39, 0.29) is 17.2 Å². The smallest absolute Gasteiger partial charge is 0.426 e. The second-order valence-electron chi connectivity index (χ2n) is 3.73. The average molecular weight is 286 g/mol. The Bertz CT molecular complexity index is 411. The quantitative estimate of drug-likeness (QED) is 0.859. The summed E-state index contributed by atoms with van der Waals surface area (Å²) < 4.78 is 55.9. The van der Waals surface area contributed by atoms with Gasteiger partial charge in [-0.25, -0.2) is 4.39 Å². The van der Waals surface area contributed by atoms with Gasteiger partial charge in [-0.1, -0.05) is 18.5 Å². The van der Waals surface area contributed by atoms with Crippen LogP contribution in [0.5, 0.6) is 5.75 Å². The molecule has 0 fully saturated rings. The minimum Gasteiger partial charge on any atom is -0.479 e. The molecule has 0 saturated carbocycles. The first-order chi connectivity index (χ1) is 8.25. The molecule has 7 heteroatoms. The van der Waals surface area contributed by atoms with Crippen molar-refractivity contribution in [1.29, 1.82) is 0 Å². The third-order valence-corrected chi connectivity index (χ3v) is 2.64. The summed E-state index contributed by atoms with van der Waals surface area (Å²) in [5.41, 5.74) is 5.35. The van der Waals surface area contributed by atoms with Crippen LogP contribution in [0, 0.1) is 5.82 Å². The summed E-state index contributed by atoms with van der Waals surface area (Å²) in [5.74, 6) is -1.11. The Labute approximate surface area is 107 Å². The van der Waals surface area contributed by atoms with Crippen LogP contribution in [0.25, 0.3) is 0 Å². The van der Waals surface area contributed by atoms with Crippen LogP contribution in [0.3, 0.4) is 0 Å². The summed E-state index contributed by atoms with van der Waals surface area (Å²) in [4.78, 5) is 0.